The summed E-state index contributed by atoms with van der Waals surface area (Å²) in [6, 6.07) is 7.38. The maximum Gasteiger partial charge on any atom is 0.262 e. The fourth-order valence-electron chi connectivity index (χ4n) is 3.76. The van der Waals surface area contributed by atoms with Gasteiger partial charge in [-0.2, -0.15) is 5.26 Å². The molecule has 1 fully saturated rings. The normalized spacial score (nSPS) is 16.9. The molecule has 1 saturated carbocycles. The predicted molar refractivity (Wildman–Crippen MR) is 121 cm³/mol. The molecule has 1 heterocycles. The second-order valence-corrected chi connectivity index (χ2v) is 10.1. The molecule has 1 aliphatic rings. The van der Waals surface area contributed by atoms with Crippen molar-refractivity contribution in [3.05, 3.63) is 33.6 Å². The van der Waals surface area contributed by atoms with E-state index in [2.05, 4.69) is 16.4 Å². The first-order chi connectivity index (χ1) is 14.2. The first-order valence-corrected chi connectivity index (χ1v) is 11.6. The smallest absolute Gasteiger partial charge is 0.262 e. The van der Waals surface area contributed by atoms with Crippen LogP contribution >= 0.6 is 23.4 Å². The van der Waals surface area contributed by atoms with Gasteiger partial charge < -0.3 is 5.32 Å². The summed E-state index contributed by atoms with van der Waals surface area (Å²) >= 11 is 7.32. The molecule has 1 aromatic heterocycles. The molecule has 0 aliphatic heterocycles. The van der Waals surface area contributed by atoms with Crippen molar-refractivity contribution in [3.63, 3.8) is 0 Å². The van der Waals surface area contributed by atoms with E-state index in [0.717, 1.165) is 19.3 Å². The number of hydrogen-bond donors (Lipinski definition) is 1. The van der Waals surface area contributed by atoms with E-state index in [1.807, 2.05) is 13.8 Å². The minimum Gasteiger partial charge on any atom is -0.337 e. The molecule has 6 nitrogen and oxygen atoms in total. The van der Waals surface area contributed by atoms with Gasteiger partial charge in [0.05, 0.1) is 22.2 Å². The van der Waals surface area contributed by atoms with Crippen LogP contribution in [0.1, 0.15) is 52.9 Å². The molecule has 1 atom stereocenters. The van der Waals surface area contributed by atoms with Crippen LogP contribution in [0.5, 0.6) is 0 Å². The lowest BCUT2D eigenvalue weighted by atomic mass is 9.83. The van der Waals surface area contributed by atoms with Crippen molar-refractivity contribution in [2.24, 2.45) is 5.92 Å². The van der Waals surface area contributed by atoms with Gasteiger partial charge >= 0.3 is 0 Å². The molecule has 3 rings (SSSR count). The number of fused-ring (bicyclic) bond motifs is 1. The molecule has 30 heavy (non-hydrogen) atoms. The summed E-state index contributed by atoms with van der Waals surface area (Å²) in [4.78, 5) is 30.7. The lowest BCUT2D eigenvalue weighted by Crippen LogP contribution is -2.51. The minimum atomic E-state index is -0.782. The number of aromatic nitrogens is 2. The Kier molecular flexibility index (Phi) is 7.10. The molecule has 0 unspecified atom stereocenters. The van der Waals surface area contributed by atoms with Gasteiger partial charge in [0.2, 0.25) is 5.91 Å². The third-order valence-corrected chi connectivity index (χ3v) is 6.69. The highest BCUT2D eigenvalue weighted by atomic mass is 35.5. The number of carbonyl (C=O) groups excluding carboxylic acids is 1. The maximum atomic E-state index is 13.1. The molecular weight excluding hydrogens is 420 g/mol. The van der Waals surface area contributed by atoms with Gasteiger partial charge in [0, 0.05) is 11.6 Å². The zero-order valence-corrected chi connectivity index (χ0v) is 19.1. The Morgan fingerprint density at radius 3 is 2.67 bits per heavy atom. The number of nitriles is 1. The summed E-state index contributed by atoms with van der Waals surface area (Å²) in [5.74, 6) is 0.0266. The molecule has 0 spiro atoms. The quantitative estimate of drug-likeness (QED) is 0.520. The van der Waals surface area contributed by atoms with Crippen LogP contribution in [0.4, 0.5) is 0 Å². The monoisotopic (exact) mass is 446 g/mol. The number of nitrogens with zero attached hydrogens (tertiary/aromatic N) is 3. The topological polar surface area (TPSA) is 87.8 Å². The molecule has 0 bridgehead atoms. The Balaban J connectivity index is 1.89. The first kappa shape index (κ1) is 22.6. The van der Waals surface area contributed by atoms with E-state index >= 15 is 0 Å². The SMILES string of the molecule is CC(C)Cn1c(S[C@@H](C)C(=O)NC2(C#N)CCCCC2)nc2ccc(Cl)cc2c1=O. The second kappa shape index (κ2) is 9.40. The largest absolute Gasteiger partial charge is 0.337 e. The number of hydrogen-bond acceptors (Lipinski definition) is 5. The highest BCUT2D eigenvalue weighted by Gasteiger charge is 2.35. The van der Waals surface area contributed by atoms with Crippen molar-refractivity contribution in [2.75, 3.05) is 0 Å². The van der Waals surface area contributed by atoms with Crippen LogP contribution < -0.4 is 10.9 Å². The van der Waals surface area contributed by atoms with E-state index in [1.54, 1.807) is 29.7 Å². The number of thioether (sulfide) groups is 1. The van der Waals surface area contributed by atoms with Crippen LogP contribution in [0.15, 0.2) is 28.2 Å². The average Bonchev–Trinajstić information content (AvgIpc) is 2.71. The molecule has 1 aromatic carbocycles. The van der Waals surface area contributed by atoms with Crippen LogP contribution in [-0.4, -0.2) is 26.2 Å². The molecule has 0 saturated heterocycles. The lowest BCUT2D eigenvalue weighted by molar-refractivity contribution is -0.121. The van der Waals surface area contributed by atoms with Gasteiger partial charge in [-0.15, -0.1) is 0 Å². The number of rotatable bonds is 6. The number of nitrogens with one attached hydrogen (secondary N) is 1. The number of amides is 1. The highest BCUT2D eigenvalue weighted by Crippen LogP contribution is 2.29. The van der Waals surface area contributed by atoms with Crippen molar-refractivity contribution in [2.45, 2.75) is 75.4 Å². The van der Waals surface area contributed by atoms with E-state index < -0.39 is 10.8 Å². The van der Waals surface area contributed by atoms with E-state index in [9.17, 15) is 14.9 Å². The Bertz CT molecular complexity index is 1040. The minimum absolute atomic E-state index is 0.160. The number of benzene rings is 1. The van der Waals surface area contributed by atoms with Gasteiger partial charge in [-0.1, -0.05) is 56.5 Å². The van der Waals surface area contributed by atoms with Gasteiger partial charge in [-0.25, -0.2) is 4.98 Å². The van der Waals surface area contributed by atoms with Gasteiger partial charge in [-0.05, 0) is 43.9 Å². The second-order valence-electron chi connectivity index (χ2n) is 8.37. The first-order valence-electron chi connectivity index (χ1n) is 10.3. The average molecular weight is 447 g/mol. The van der Waals surface area contributed by atoms with Crippen LogP contribution in [0.25, 0.3) is 10.9 Å². The Hall–Kier alpha value is -2.04. The summed E-state index contributed by atoms with van der Waals surface area (Å²) in [7, 11) is 0. The summed E-state index contributed by atoms with van der Waals surface area (Å²) in [5, 5.41) is 13.6. The Morgan fingerprint density at radius 1 is 1.33 bits per heavy atom. The fraction of sp³-hybridized carbons (Fsp3) is 0.545. The summed E-state index contributed by atoms with van der Waals surface area (Å²) in [6.07, 6.45) is 4.34. The van der Waals surface area contributed by atoms with Crippen LogP contribution in [0.3, 0.4) is 0 Å². The van der Waals surface area contributed by atoms with Crippen molar-refractivity contribution in [3.8, 4) is 6.07 Å². The standard InChI is InChI=1S/C22H27ClN4O2S/c1-14(2)12-27-20(29)17-11-16(23)7-8-18(17)25-21(27)30-15(3)19(28)26-22(13-24)9-5-4-6-10-22/h7-8,11,14-15H,4-6,9-10,12H2,1-3H3,(H,26,28)/t15-/m0/s1. The molecule has 1 N–H and O–H groups in total. The van der Waals surface area contributed by atoms with Crippen LogP contribution in [0, 0.1) is 17.2 Å². The summed E-state index contributed by atoms with van der Waals surface area (Å²) in [5.41, 5.74) is -0.387. The number of carbonyl (C=O) groups is 1. The van der Waals surface area contributed by atoms with Gasteiger partial charge in [-0.3, -0.25) is 14.2 Å². The summed E-state index contributed by atoms with van der Waals surface area (Å²) < 4.78 is 1.62. The molecule has 8 heteroatoms. The van der Waals surface area contributed by atoms with Gasteiger partial charge in [0.15, 0.2) is 5.16 Å². The zero-order chi connectivity index (χ0) is 21.9. The Labute approximate surface area is 186 Å². The van der Waals surface area contributed by atoms with Crippen molar-refractivity contribution < 1.29 is 4.79 Å². The third kappa shape index (κ3) is 4.98. The van der Waals surface area contributed by atoms with Crippen LogP contribution in [-0.2, 0) is 11.3 Å². The predicted octanol–water partition coefficient (Wildman–Crippen LogP) is 4.53. The van der Waals surface area contributed by atoms with E-state index in [4.69, 9.17) is 11.6 Å². The molecule has 1 aliphatic carbocycles. The molecule has 2 aromatic rings. The van der Waals surface area contributed by atoms with Gasteiger partial charge in [0.25, 0.3) is 5.56 Å². The van der Waals surface area contributed by atoms with Crippen molar-refractivity contribution in [1.82, 2.24) is 14.9 Å². The highest BCUT2D eigenvalue weighted by molar-refractivity contribution is 8.00. The summed E-state index contributed by atoms with van der Waals surface area (Å²) in [6.45, 7) is 6.33. The molecule has 0 radical (unpaired) electrons. The van der Waals surface area contributed by atoms with E-state index in [0.29, 0.717) is 40.5 Å². The van der Waals surface area contributed by atoms with Crippen LogP contribution in [0.2, 0.25) is 5.02 Å². The fourth-order valence-corrected chi connectivity index (χ4v) is 4.85. The van der Waals surface area contributed by atoms with E-state index in [-0.39, 0.29) is 17.4 Å². The molecule has 160 valence electrons. The van der Waals surface area contributed by atoms with E-state index in [1.165, 1.54) is 11.8 Å². The lowest BCUT2D eigenvalue weighted by Gasteiger charge is -2.32. The molecule has 1 amide bonds. The number of halogens is 1. The zero-order valence-electron chi connectivity index (χ0n) is 17.6. The maximum absolute atomic E-state index is 13.1. The third-order valence-electron chi connectivity index (χ3n) is 5.36. The van der Waals surface area contributed by atoms with Gasteiger partial charge in [0.1, 0.15) is 5.54 Å². The Morgan fingerprint density at radius 2 is 2.03 bits per heavy atom. The molecular formula is C22H27ClN4O2S. The van der Waals surface area contributed by atoms with Crippen molar-refractivity contribution >= 4 is 40.2 Å². The van der Waals surface area contributed by atoms with Crippen molar-refractivity contribution in [1.29, 1.82) is 5.26 Å².